The maximum Gasteiger partial charge on any atom is 0.305 e. The SMILES string of the molecule is CC(C)N(CCC(=O)O)C(=O)c1ccc(OC(C)(C)C)cc1. The molecular formula is C17H25NO4. The van der Waals surface area contributed by atoms with E-state index in [4.69, 9.17) is 9.84 Å². The van der Waals surface area contributed by atoms with Gasteiger partial charge < -0.3 is 14.7 Å². The van der Waals surface area contributed by atoms with Gasteiger partial charge in [-0.3, -0.25) is 9.59 Å². The number of carboxylic acid groups (broad SMARTS) is 1. The van der Waals surface area contributed by atoms with Crippen LogP contribution in [0.15, 0.2) is 24.3 Å². The van der Waals surface area contributed by atoms with Crippen molar-refractivity contribution in [2.75, 3.05) is 6.54 Å². The zero-order valence-electron chi connectivity index (χ0n) is 13.9. The van der Waals surface area contributed by atoms with Crippen LogP contribution in [-0.2, 0) is 4.79 Å². The highest BCUT2D eigenvalue weighted by Gasteiger charge is 2.20. The molecule has 1 aromatic rings. The highest BCUT2D eigenvalue weighted by atomic mass is 16.5. The van der Waals surface area contributed by atoms with E-state index in [2.05, 4.69) is 0 Å². The van der Waals surface area contributed by atoms with Gasteiger partial charge in [-0.2, -0.15) is 0 Å². The van der Waals surface area contributed by atoms with E-state index in [9.17, 15) is 9.59 Å². The summed E-state index contributed by atoms with van der Waals surface area (Å²) < 4.78 is 5.72. The van der Waals surface area contributed by atoms with Gasteiger partial charge in [0.1, 0.15) is 11.4 Å². The van der Waals surface area contributed by atoms with Gasteiger partial charge in [-0.15, -0.1) is 0 Å². The molecule has 0 saturated carbocycles. The molecule has 5 heteroatoms. The molecule has 1 N–H and O–H groups in total. The van der Waals surface area contributed by atoms with Crippen molar-refractivity contribution < 1.29 is 19.4 Å². The van der Waals surface area contributed by atoms with Gasteiger partial charge in [0.2, 0.25) is 0 Å². The summed E-state index contributed by atoms with van der Waals surface area (Å²) in [6, 6.07) is 6.87. The van der Waals surface area contributed by atoms with Crippen LogP contribution in [0, 0.1) is 0 Å². The van der Waals surface area contributed by atoms with E-state index in [1.165, 1.54) is 0 Å². The van der Waals surface area contributed by atoms with Gasteiger partial charge in [0.25, 0.3) is 5.91 Å². The Morgan fingerprint density at radius 3 is 2.14 bits per heavy atom. The molecule has 0 unspecified atom stereocenters. The summed E-state index contributed by atoms with van der Waals surface area (Å²) in [5.74, 6) is -0.378. The monoisotopic (exact) mass is 307 g/mol. The van der Waals surface area contributed by atoms with Gasteiger partial charge in [0.15, 0.2) is 0 Å². The van der Waals surface area contributed by atoms with Crippen molar-refractivity contribution in [2.45, 2.75) is 52.7 Å². The molecule has 122 valence electrons. The van der Waals surface area contributed by atoms with Crippen LogP contribution in [0.1, 0.15) is 51.4 Å². The third-order valence-corrected chi connectivity index (χ3v) is 2.98. The summed E-state index contributed by atoms with van der Waals surface area (Å²) in [6.45, 7) is 9.81. The van der Waals surface area contributed by atoms with Gasteiger partial charge in [-0.1, -0.05) is 0 Å². The van der Waals surface area contributed by atoms with Gasteiger partial charge in [-0.05, 0) is 58.9 Å². The third kappa shape index (κ3) is 5.76. The van der Waals surface area contributed by atoms with Gasteiger partial charge >= 0.3 is 5.97 Å². The molecule has 5 nitrogen and oxygen atoms in total. The lowest BCUT2D eigenvalue weighted by Crippen LogP contribution is -2.38. The molecule has 0 bridgehead atoms. The molecule has 0 saturated heterocycles. The van der Waals surface area contributed by atoms with Crippen molar-refractivity contribution >= 4 is 11.9 Å². The molecule has 1 amide bonds. The van der Waals surface area contributed by atoms with Crippen LogP contribution in [0.5, 0.6) is 5.75 Å². The van der Waals surface area contributed by atoms with Crippen LogP contribution in [0.2, 0.25) is 0 Å². The minimum absolute atomic E-state index is 0.0580. The van der Waals surface area contributed by atoms with Crippen molar-refractivity contribution in [1.29, 1.82) is 0 Å². The highest BCUT2D eigenvalue weighted by Crippen LogP contribution is 2.19. The molecule has 0 radical (unpaired) electrons. The molecule has 0 aliphatic rings. The van der Waals surface area contributed by atoms with Crippen LogP contribution in [0.25, 0.3) is 0 Å². The Hall–Kier alpha value is -2.04. The van der Waals surface area contributed by atoms with Gasteiger partial charge in [0.05, 0.1) is 6.42 Å². The fraction of sp³-hybridized carbons (Fsp3) is 0.529. The topological polar surface area (TPSA) is 66.8 Å². The Balaban J connectivity index is 2.84. The number of nitrogens with zero attached hydrogens (tertiary/aromatic N) is 1. The summed E-state index contributed by atoms with van der Waals surface area (Å²) >= 11 is 0. The summed E-state index contributed by atoms with van der Waals surface area (Å²) in [5.41, 5.74) is 0.233. The first-order chi connectivity index (χ1) is 10.1. The lowest BCUT2D eigenvalue weighted by Gasteiger charge is -2.26. The largest absolute Gasteiger partial charge is 0.488 e. The molecule has 0 aliphatic heterocycles. The van der Waals surface area contributed by atoms with E-state index in [-0.39, 0.29) is 30.5 Å². The first kappa shape index (κ1) is 18.0. The molecule has 0 fully saturated rings. The first-order valence-corrected chi connectivity index (χ1v) is 7.42. The summed E-state index contributed by atoms with van der Waals surface area (Å²) in [4.78, 5) is 24.8. The highest BCUT2D eigenvalue weighted by molar-refractivity contribution is 5.94. The number of ether oxygens (including phenoxy) is 1. The molecule has 0 atom stereocenters. The fourth-order valence-corrected chi connectivity index (χ4v) is 2.00. The summed E-state index contributed by atoms with van der Waals surface area (Å²) in [5, 5.41) is 8.79. The van der Waals surface area contributed by atoms with Crippen LogP contribution >= 0.6 is 0 Å². The summed E-state index contributed by atoms with van der Waals surface area (Å²) in [7, 11) is 0. The third-order valence-electron chi connectivity index (χ3n) is 2.98. The predicted molar refractivity (Wildman–Crippen MR) is 85.2 cm³/mol. The number of amides is 1. The number of benzene rings is 1. The molecule has 0 aliphatic carbocycles. The molecule has 1 rings (SSSR count). The number of hydrogen-bond acceptors (Lipinski definition) is 3. The average Bonchev–Trinajstić information content (AvgIpc) is 2.36. The molecule has 22 heavy (non-hydrogen) atoms. The van der Waals surface area contributed by atoms with Crippen molar-refractivity contribution in [2.24, 2.45) is 0 Å². The number of aliphatic carboxylic acids is 1. The molecule has 0 aromatic heterocycles. The molecule has 0 heterocycles. The number of hydrogen-bond donors (Lipinski definition) is 1. The van der Waals surface area contributed by atoms with Crippen LogP contribution in [0.3, 0.4) is 0 Å². The van der Waals surface area contributed by atoms with Crippen molar-refractivity contribution in [3.63, 3.8) is 0 Å². The maximum atomic E-state index is 12.5. The number of carbonyl (C=O) groups is 2. The van der Waals surface area contributed by atoms with E-state index >= 15 is 0 Å². The van der Waals surface area contributed by atoms with Crippen molar-refractivity contribution in [3.8, 4) is 5.75 Å². The van der Waals surface area contributed by atoms with Crippen LogP contribution < -0.4 is 4.74 Å². The second-order valence-corrected chi connectivity index (χ2v) is 6.47. The second kappa shape index (κ2) is 7.29. The molecule has 0 spiro atoms. The Morgan fingerprint density at radius 2 is 1.73 bits per heavy atom. The van der Waals surface area contributed by atoms with E-state index in [1.807, 2.05) is 34.6 Å². The minimum Gasteiger partial charge on any atom is -0.488 e. The quantitative estimate of drug-likeness (QED) is 0.876. The zero-order valence-corrected chi connectivity index (χ0v) is 13.9. The standard InChI is InChI=1S/C17H25NO4/c1-12(2)18(11-10-15(19)20)16(21)13-6-8-14(9-7-13)22-17(3,4)5/h6-9,12H,10-11H2,1-5H3,(H,19,20). The molecular weight excluding hydrogens is 282 g/mol. The maximum absolute atomic E-state index is 12.5. The number of rotatable bonds is 6. The first-order valence-electron chi connectivity index (χ1n) is 7.42. The lowest BCUT2D eigenvalue weighted by molar-refractivity contribution is -0.137. The Kier molecular flexibility index (Phi) is 5.97. The lowest BCUT2D eigenvalue weighted by atomic mass is 10.1. The van der Waals surface area contributed by atoms with Crippen LogP contribution in [0.4, 0.5) is 0 Å². The average molecular weight is 307 g/mol. The van der Waals surface area contributed by atoms with E-state index in [1.54, 1.807) is 29.2 Å². The van der Waals surface area contributed by atoms with E-state index in [0.29, 0.717) is 11.3 Å². The minimum atomic E-state index is -0.910. The predicted octanol–water partition coefficient (Wildman–Crippen LogP) is 3.19. The van der Waals surface area contributed by atoms with E-state index < -0.39 is 5.97 Å². The van der Waals surface area contributed by atoms with Crippen molar-refractivity contribution in [3.05, 3.63) is 29.8 Å². The second-order valence-electron chi connectivity index (χ2n) is 6.47. The normalized spacial score (nSPS) is 11.4. The Bertz CT molecular complexity index is 514. The van der Waals surface area contributed by atoms with Gasteiger partial charge in [-0.25, -0.2) is 0 Å². The Morgan fingerprint density at radius 1 is 1.18 bits per heavy atom. The van der Waals surface area contributed by atoms with Gasteiger partial charge in [0, 0.05) is 18.2 Å². The summed E-state index contributed by atoms with van der Waals surface area (Å²) in [6.07, 6.45) is -0.0604. The fourth-order valence-electron chi connectivity index (χ4n) is 2.00. The van der Waals surface area contributed by atoms with Crippen LogP contribution in [-0.4, -0.2) is 40.1 Å². The Labute approximate surface area is 131 Å². The number of carbonyl (C=O) groups excluding carboxylic acids is 1. The number of carboxylic acids is 1. The molecule has 1 aromatic carbocycles. The zero-order chi connectivity index (χ0) is 16.9. The van der Waals surface area contributed by atoms with Crippen molar-refractivity contribution in [1.82, 2.24) is 4.90 Å². The smallest absolute Gasteiger partial charge is 0.305 e. The van der Waals surface area contributed by atoms with E-state index in [0.717, 1.165) is 0 Å².